The van der Waals surface area contributed by atoms with Gasteiger partial charge >= 0.3 is 12.1 Å². The van der Waals surface area contributed by atoms with Crippen molar-refractivity contribution in [3.63, 3.8) is 0 Å². The first-order valence-electron chi connectivity index (χ1n) is 30.2. The van der Waals surface area contributed by atoms with Crippen molar-refractivity contribution < 1.29 is 57.4 Å². The maximum Gasteiger partial charge on any atom is 0.408 e. The van der Waals surface area contributed by atoms with Gasteiger partial charge in [-0.15, -0.1) is 0 Å². The molecule has 0 bridgehead atoms. The van der Waals surface area contributed by atoms with Crippen LogP contribution in [0.3, 0.4) is 0 Å². The first kappa shape index (κ1) is 69.8. The maximum atomic E-state index is 14.7. The average molecular weight is 1140 g/mol. The van der Waals surface area contributed by atoms with Crippen molar-refractivity contribution in [2.45, 2.75) is 278 Å². The number of esters is 1. The summed E-state index contributed by atoms with van der Waals surface area (Å²) >= 11 is 0. The van der Waals surface area contributed by atoms with Crippen molar-refractivity contribution in [1.29, 1.82) is 0 Å². The molecule has 0 aromatic rings. The number of alkyl carbamates (subject to hydrolysis) is 1. The molecule has 9 N–H and O–H groups in total. The van der Waals surface area contributed by atoms with E-state index in [0.717, 1.165) is 12.8 Å². The molecule has 3 saturated carbocycles. The molecule has 9 amide bonds. The molecule has 0 heterocycles. The van der Waals surface area contributed by atoms with Gasteiger partial charge in [-0.3, -0.25) is 38.4 Å². The predicted molar refractivity (Wildman–Crippen MR) is 310 cm³/mol. The Labute approximate surface area is 483 Å². The van der Waals surface area contributed by atoms with Crippen molar-refractivity contribution in [2.24, 2.45) is 35.5 Å². The Hall–Kier alpha value is -5.50. The van der Waals surface area contributed by atoms with E-state index in [1.807, 2.05) is 83.1 Å². The zero-order valence-corrected chi connectivity index (χ0v) is 52.1. The van der Waals surface area contributed by atoms with Crippen LogP contribution in [0.4, 0.5) is 4.79 Å². The predicted octanol–water partition coefficient (Wildman–Crippen LogP) is 6.04. The summed E-state index contributed by atoms with van der Waals surface area (Å²) in [5.41, 5.74) is -4.87. The van der Waals surface area contributed by atoms with Crippen LogP contribution < -0.4 is 47.9 Å². The molecular formula is C60H105N9O12. The zero-order valence-electron chi connectivity index (χ0n) is 52.1. The Kier molecular flexibility index (Phi) is 26.9. The molecule has 0 spiro atoms. The van der Waals surface area contributed by atoms with Crippen LogP contribution in [0.5, 0.6) is 0 Å². The fourth-order valence-electron chi connectivity index (χ4n) is 11.4. The zero-order chi connectivity index (χ0) is 61.2. The molecule has 0 aromatic heterocycles. The number of carbonyl (C=O) groups is 10. The number of hydrogen-bond acceptors (Lipinski definition) is 12. The van der Waals surface area contributed by atoms with Gasteiger partial charge in [0.1, 0.15) is 58.5 Å². The summed E-state index contributed by atoms with van der Waals surface area (Å²) < 4.78 is 10.5. The number of rotatable bonds is 30. The monoisotopic (exact) mass is 1140 g/mol. The first-order valence-corrected chi connectivity index (χ1v) is 30.2. The Morgan fingerprint density at radius 3 is 0.840 bits per heavy atom. The van der Waals surface area contributed by atoms with Crippen LogP contribution in [0, 0.1) is 35.5 Å². The van der Waals surface area contributed by atoms with Crippen LogP contribution in [0.1, 0.15) is 219 Å². The van der Waals surface area contributed by atoms with Crippen LogP contribution in [0.25, 0.3) is 0 Å². The third kappa shape index (κ3) is 22.0. The highest BCUT2D eigenvalue weighted by atomic mass is 16.6. The number of methoxy groups -OCH3 is 1. The van der Waals surface area contributed by atoms with E-state index in [1.54, 1.807) is 20.8 Å². The summed E-state index contributed by atoms with van der Waals surface area (Å²) in [6.45, 7) is 28.0. The van der Waals surface area contributed by atoms with Crippen molar-refractivity contribution in [2.75, 3.05) is 7.11 Å². The molecule has 3 aliphatic rings. The molecule has 3 rings (SSSR count). The van der Waals surface area contributed by atoms with E-state index in [-0.39, 0.29) is 99.7 Å². The smallest absolute Gasteiger partial charge is 0.408 e. The minimum Gasteiger partial charge on any atom is -0.467 e. The second kappa shape index (κ2) is 31.2. The fourth-order valence-corrected chi connectivity index (χ4v) is 11.4. The Balaban J connectivity index is 1.87. The molecule has 0 aliphatic heterocycles. The van der Waals surface area contributed by atoms with E-state index in [1.165, 1.54) is 7.11 Å². The topological polar surface area (TPSA) is 297 Å². The third-order valence-electron chi connectivity index (χ3n) is 15.3. The molecule has 3 aliphatic carbocycles. The lowest BCUT2D eigenvalue weighted by atomic mass is 9.92. The van der Waals surface area contributed by atoms with Crippen LogP contribution in [0.15, 0.2) is 0 Å². The Bertz CT molecular complexity index is 2150. The minimum atomic E-state index is -1.44. The highest BCUT2D eigenvalue weighted by Crippen LogP contribution is 2.34. The summed E-state index contributed by atoms with van der Waals surface area (Å²) in [6.07, 6.45) is 6.34. The molecule has 21 heteroatoms. The van der Waals surface area contributed by atoms with E-state index in [0.29, 0.717) is 38.5 Å². The van der Waals surface area contributed by atoms with Crippen LogP contribution in [0.2, 0.25) is 0 Å². The normalized spacial score (nSPS) is 18.7. The van der Waals surface area contributed by atoms with Crippen molar-refractivity contribution in [3.8, 4) is 0 Å². The summed E-state index contributed by atoms with van der Waals surface area (Å²) in [4.78, 5) is 141. The van der Waals surface area contributed by atoms with Gasteiger partial charge in [-0.25, -0.2) is 9.59 Å². The molecule has 3 fully saturated rings. The summed E-state index contributed by atoms with van der Waals surface area (Å²) in [7, 11) is 1.28. The van der Waals surface area contributed by atoms with E-state index in [9.17, 15) is 47.9 Å². The number of carbonyl (C=O) groups excluding carboxylic acids is 10. The SMILES string of the molecule is COC(=O)C1(NC(=O)[C@H](CC(C)C)NC(=O)[C@H](CC(C)C)NC(=O)C2(NC(=O)[C@H](CC(C)C)NC(=O)[C@H](CC(C)C)NC(=O)C3(NC(=O)[C@H](CC(C)C)NC(=O)[C@H](CC(C)C)NC(=O)OC(C)(C)C)CCCC3)CCCC2)CCCC1. The lowest BCUT2D eigenvalue weighted by Crippen LogP contribution is -2.65. The van der Waals surface area contributed by atoms with Gasteiger partial charge in [-0.05, 0) is 133 Å². The van der Waals surface area contributed by atoms with Gasteiger partial charge in [0.05, 0.1) is 7.11 Å². The highest BCUT2D eigenvalue weighted by molar-refractivity contribution is 6.00. The van der Waals surface area contributed by atoms with Gasteiger partial charge in [0.15, 0.2) is 0 Å². The lowest BCUT2D eigenvalue weighted by Gasteiger charge is -2.35. The van der Waals surface area contributed by atoms with E-state index in [4.69, 9.17) is 9.47 Å². The quantitative estimate of drug-likeness (QED) is 0.0372. The summed E-state index contributed by atoms with van der Waals surface area (Å²) in [5, 5.41) is 26.1. The molecule has 0 unspecified atom stereocenters. The largest absolute Gasteiger partial charge is 0.467 e. The summed E-state index contributed by atoms with van der Waals surface area (Å²) in [5.74, 6) is -5.54. The molecule has 81 heavy (non-hydrogen) atoms. The number of nitrogens with one attached hydrogen (secondary N) is 9. The fraction of sp³-hybridized carbons (Fsp3) is 0.833. The average Bonchev–Trinajstić information content (AvgIpc) is 4.15. The molecule has 21 nitrogen and oxygen atoms in total. The van der Waals surface area contributed by atoms with Crippen molar-refractivity contribution in [1.82, 2.24) is 47.9 Å². The molecular weight excluding hydrogens is 1040 g/mol. The third-order valence-corrected chi connectivity index (χ3v) is 15.3. The number of amides is 9. The minimum absolute atomic E-state index is 0.000686. The van der Waals surface area contributed by atoms with Crippen LogP contribution in [-0.4, -0.2) is 125 Å². The molecule has 0 radical (unpaired) electrons. The maximum absolute atomic E-state index is 14.7. The second-order valence-corrected chi connectivity index (χ2v) is 27.0. The van der Waals surface area contributed by atoms with E-state index in [2.05, 4.69) is 47.9 Å². The number of ether oxygens (including phenoxy) is 2. The van der Waals surface area contributed by atoms with Crippen molar-refractivity contribution >= 4 is 59.3 Å². The van der Waals surface area contributed by atoms with Gasteiger partial charge in [-0.1, -0.05) is 122 Å². The molecule has 0 saturated heterocycles. The summed E-state index contributed by atoms with van der Waals surface area (Å²) in [6, 6.07) is -6.48. The van der Waals surface area contributed by atoms with E-state index >= 15 is 0 Å². The van der Waals surface area contributed by atoms with Crippen LogP contribution in [-0.2, 0) is 52.6 Å². The number of hydrogen-bond donors (Lipinski definition) is 9. The van der Waals surface area contributed by atoms with Gasteiger partial charge in [0.25, 0.3) is 0 Å². The van der Waals surface area contributed by atoms with Gasteiger partial charge < -0.3 is 57.3 Å². The highest BCUT2D eigenvalue weighted by Gasteiger charge is 2.49. The second-order valence-electron chi connectivity index (χ2n) is 27.0. The standard InChI is InChI=1S/C60H105N9O12/c1-35(2)29-41(64-54(77)59(25-19-20-26-59)68-51(74)45(33-39(9)10)63-49(72)43(31-37(5)6)66-56(79)81-57(13,14)15)47(70)61-44(32-38(7)8)50(73)67-58(23-17-18-24-58)53(76)65-42(30-36(3)4)48(71)62-46(34-40(11)12)52(75)69-60(55(78)80-16)27-21-22-28-60/h35-46H,17-34H2,1-16H3,(H,61,70)(H,62,71)(H,63,72)(H,64,77)(H,65,76)(H,66,79)(H,67,73)(H,68,74)(H,69,75)/t41-,42-,43-,44-,45-,46-/m0/s1. The van der Waals surface area contributed by atoms with Gasteiger partial charge in [0.2, 0.25) is 47.3 Å². The van der Waals surface area contributed by atoms with Gasteiger partial charge in [0, 0.05) is 0 Å². The lowest BCUT2D eigenvalue weighted by molar-refractivity contribution is -0.151. The van der Waals surface area contributed by atoms with E-state index < -0.39 is 118 Å². The molecule has 462 valence electrons. The first-order chi connectivity index (χ1) is 37.6. The van der Waals surface area contributed by atoms with Crippen LogP contribution >= 0.6 is 0 Å². The van der Waals surface area contributed by atoms with Gasteiger partial charge in [-0.2, -0.15) is 0 Å². The molecule has 6 atom stereocenters. The Morgan fingerprint density at radius 2 is 0.593 bits per heavy atom. The van der Waals surface area contributed by atoms with Crippen molar-refractivity contribution in [3.05, 3.63) is 0 Å². The Morgan fingerprint density at radius 1 is 0.358 bits per heavy atom. The molecule has 0 aromatic carbocycles.